The number of fused-ring (bicyclic) bond motifs is 1. The van der Waals surface area contributed by atoms with E-state index in [-0.39, 0.29) is 23.1 Å². The minimum Gasteiger partial charge on any atom is -0.493 e. The molecule has 2 aliphatic heterocycles. The van der Waals surface area contributed by atoms with Crippen LogP contribution in [0, 0.1) is 11.3 Å². The van der Waals surface area contributed by atoms with Gasteiger partial charge in [-0.05, 0) is 59.8 Å². The summed E-state index contributed by atoms with van der Waals surface area (Å²) < 4.78 is 10.8. The molecule has 0 aliphatic carbocycles. The number of nitrogens with one attached hydrogen (secondary N) is 1. The molecule has 168 valence electrons. The minimum absolute atomic E-state index is 0.0506. The number of hydrogen-bond acceptors (Lipinski definition) is 7. The second-order valence-electron chi connectivity index (χ2n) is 7.42. The first-order valence-corrected chi connectivity index (χ1v) is 11.1. The fourth-order valence-electron chi connectivity index (χ4n) is 3.01. The van der Waals surface area contributed by atoms with Gasteiger partial charge >= 0.3 is 5.97 Å². The molecule has 4 rings (SSSR count). The molecule has 0 radical (unpaired) electrons. The average Bonchev–Trinajstić information content (AvgIpc) is 3.22. The zero-order valence-corrected chi connectivity index (χ0v) is 19.5. The SMILES string of the molecule is COc1cc(/C=C2\C(=N)N3N=C(C(C)C)SC3=NC2=O)ccc1OC(=O)c1ccc(Cl)cc1. The molecule has 1 amide bonds. The molecule has 0 saturated carbocycles. The number of halogens is 1. The number of hydrazone groups is 1. The minimum atomic E-state index is -0.562. The Balaban J connectivity index is 1.59. The van der Waals surface area contributed by atoms with Gasteiger partial charge in [0, 0.05) is 10.9 Å². The first kappa shape index (κ1) is 22.8. The Labute approximate surface area is 199 Å². The van der Waals surface area contributed by atoms with E-state index in [1.54, 1.807) is 42.5 Å². The van der Waals surface area contributed by atoms with Crippen molar-refractivity contribution in [3.05, 3.63) is 64.2 Å². The monoisotopic (exact) mass is 482 g/mol. The average molecular weight is 483 g/mol. The molecule has 0 saturated heterocycles. The number of esters is 1. The number of ether oxygens (including phenoxy) is 2. The standard InChI is InChI=1S/C23H19ClN4O4S/c1-12(2)21-27-28-19(25)16(20(29)26-23(28)33-21)10-13-4-9-17(18(11-13)31-3)32-22(30)14-5-7-15(24)8-6-14/h4-12,25H,1-3H3/b16-10+,25-19?. The molecule has 2 aliphatic rings. The number of amidine groups is 2. The fraction of sp³-hybridized carbons (Fsp3) is 0.174. The first-order valence-electron chi connectivity index (χ1n) is 9.92. The van der Waals surface area contributed by atoms with E-state index < -0.39 is 11.9 Å². The number of hydrogen-bond donors (Lipinski definition) is 1. The number of benzene rings is 2. The highest BCUT2D eigenvalue weighted by atomic mass is 35.5. The van der Waals surface area contributed by atoms with Crippen LogP contribution in [0.2, 0.25) is 5.02 Å². The lowest BCUT2D eigenvalue weighted by molar-refractivity contribution is -0.114. The summed E-state index contributed by atoms with van der Waals surface area (Å²) in [6.07, 6.45) is 1.53. The molecule has 0 aromatic heterocycles. The molecule has 8 nitrogen and oxygen atoms in total. The molecule has 10 heteroatoms. The number of carbonyl (C=O) groups is 2. The summed E-state index contributed by atoms with van der Waals surface area (Å²) in [5.41, 5.74) is 1.01. The maximum absolute atomic E-state index is 12.6. The van der Waals surface area contributed by atoms with Crippen molar-refractivity contribution < 1.29 is 19.1 Å². The third-order valence-electron chi connectivity index (χ3n) is 4.75. The second-order valence-corrected chi connectivity index (χ2v) is 8.84. The number of aliphatic imine (C=N–C) groups is 1. The van der Waals surface area contributed by atoms with Crippen LogP contribution in [0.4, 0.5) is 0 Å². The van der Waals surface area contributed by atoms with E-state index in [1.165, 1.54) is 30.0 Å². The fourth-order valence-corrected chi connectivity index (χ4v) is 4.03. The van der Waals surface area contributed by atoms with Gasteiger partial charge in [-0.15, -0.1) is 0 Å². The highest BCUT2D eigenvalue weighted by Crippen LogP contribution is 2.33. The van der Waals surface area contributed by atoms with Crippen LogP contribution < -0.4 is 9.47 Å². The molecule has 0 spiro atoms. The Morgan fingerprint density at radius 2 is 1.91 bits per heavy atom. The molecule has 0 fully saturated rings. The molecular formula is C23H19ClN4O4S. The van der Waals surface area contributed by atoms with Gasteiger partial charge < -0.3 is 9.47 Å². The molecule has 0 bridgehead atoms. The molecule has 2 aromatic rings. The van der Waals surface area contributed by atoms with Crippen LogP contribution in [-0.2, 0) is 4.79 Å². The molecule has 0 atom stereocenters. The lowest BCUT2D eigenvalue weighted by Gasteiger charge is -2.20. The Bertz CT molecular complexity index is 1250. The van der Waals surface area contributed by atoms with E-state index in [1.807, 2.05) is 13.8 Å². The van der Waals surface area contributed by atoms with Gasteiger partial charge in [0.15, 0.2) is 17.3 Å². The first-order chi connectivity index (χ1) is 15.8. The summed E-state index contributed by atoms with van der Waals surface area (Å²) in [4.78, 5) is 29.1. The summed E-state index contributed by atoms with van der Waals surface area (Å²) in [6.45, 7) is 3.97. The highest BCUT2D eigenvalue weighted by Gasteiger charge is 2.36. The number of thioether (sulfide) groups is 1. The number of nitrogens with zero attached hydrogens (tertiary/aromatic N) is 3. The lowest BCUT2D eigenvalue weighted by Crippen LogP contribution is -2.35. The molecule has 1 N–H and O–H groups in total. The van der Waals surface area contributed by atoms with Gasteiger partial charge in [-0.3, -0.25) is 10.2 Å². The van der Waals surface area contributed by atoms with E-state index >= 15 is 0 Å². The van der Waals surface area contributed by atoms with Crippen molar-refractivity contribution in [3.63, 3.8) is 0 Å². The molecular weight excluding hydrogens is 464 g/mol. The van der Waals surface area contributed by atoms with Crippen molar-refractivity contribution in [2.45, 2.75) is 13.8 Å². The van der Waals surface area contributed by atoms with Gasteiger partial charge in [0.05, 0.1) is 18.2 Å². The van der Waals surface area contributed by atoms with E-state index in [2.05, 4.69) is 10.1 Å². The second kappa shape index (κ2) is 9.21. The van der Waals surface area contributed by atoms with Crippen molar-refractivity contribution in [1.82, 2.24) is 5.01 Å². The predicted octanol–water partition coefficient (Wildman–Crippen LogP) is 4.84. The maximum atomic E-state index is 12.6. The summed E-state index contributed by atoms with van der Waals surface area (Å²) in [5, 5.41) is 15.9. The largest absolute Gasteiger partial charge is 0.493 e. The van der Waals surface area contributed by atoms with Gasteiger partial charge in [0.25, 0.3) is 5.91 Å². The quantitative estimate of drug-likeness (QED) is 0.371. The Hall–Kier alpha value is -3.43. The van der Waals surface area contributed by atoms with Crippen LogP contribution in [0.15, 0.2) is 58.1 Å². The third kappa shape index (κ3) is 4.69. The van der Waals surface area contributed by atoms with Crippen molar-refractivity contribution in [2.24, 2.45) is 16.0 Å². The summed E-state index contributed by atoms with van der Waals surface area (Å²) >= 11 is 7.15. The number of rotatable bonds is 5. The Morgan fingerprint density at radius 1 is 1.18 bits per heavy atom. The summed E-state index contributed by atoms with van der Waals surface area (Å²) in [6, 6.07) is 11.2. The normalized spacial score (nSPS) is 16.6. The van der Waals surface area contributed by atoms with Gasteiger partial charge in [0.1, 0.15) is 5.04 Å². The molecule has 2 aromatic carbocycles. The van der Waals surface area contributed by atoms with Crippen molar-refractivity contribution >= 4 is 57.4 Å². The zero-order chi connectivity index (χ0) is 23.7. The van der Waals surface area contributed by atoms with Crippen LogP contribution >= 0.6 is 23.4 Å². The highest BCUT2D eigenvalue weighted by molar-refractivity contribution is 8.27. The van der Waals surface area contributed by atoms with Crippen LogP contribution in [0.1, 0.15) is 29.8 Å². The third-order valence-corrected chi connectivity index (χ3v) is 6.21. The molecule has 33 heavy (non-hydrogen) atoms. The number of methoxy groups -OCH3 is 1. The maximum Gasteiger partial charge on any atom is 0.343 e. The molecule has 0 unspecified atom stereocenters. The van der Waals surface area contributed by atoms with Crippen molar-refractivity contribution in [1.29, 1.82) is 5.41 Å². The van der Waals surface area contributed by atoms with E-state index in [0.29, 0.717) is 27.1 Å². The topological polar surface area (TPSA) is 104 Å². The van der Waals surface area contributed by atoms with Crippen LogP contribution in [0.3, 0.4) is 0 Å². The zero-order valence-electron chi connectivity index (χ0n) is 18.0. The van der Waals surface area contributed by atoms with Crippen molar-refractivity contribution in [3.8, 4) is 11.5 Å². The van der Waals surface area contributed by atoms with Gasteiger partial charge in [-0.25, -0.2) is 4.79 Å². The summed E-state index contributed by atoms with van der Waals surface area (Å²) in [7, 11) is 1.44. The summed E-state index contributed by atoms with van der Waals surface area (Å²) in [5.74, 6) is -0.463. The predicted molar refractivity (Wildman–Crippen MR) is 129 cm³/mol. The van der Waals surface area contributed by atoms with E-state index in [0.717, 1.165) is 5.04 Å². The smallest absolute Gasteiger partial charge is 0.343 e. The van der Waals surface area contributed by atoms with Gasteiger partial charge in [-0.2, -0.15) is 15.1 Å². The van der Waals surface area contributed by atoms with Crippen molar-refractivity contribution in [2.75, 3.05) is 7.11 Å². The van der Waals surface area contributed by atoms with Gasteiger partial charge in [-0.1, -0.05) is 31.5 Å². The van der Waals surface area contributed by atoms with E-state index in [9.17, 15) is 9.59 Å². The number of carbonyl (C=O) groups excluding carboxylic acids is 2. The van der Waals surface area contributed by atoms with Crippen LogP contribution in [0.25, 0.3) is 6.08 Å². The Kier molecular flexibility index (Phi) is 6.35. The Morgan fingerprint density at radius 3 is 2.58 bits per heavy atom. The van der Waals surface area contributed by atoms with Crippen LogP contribution in [-0.4, -0.2) is 40.0 Å². The van der Waals surface area contributed by atoms with Crippen LogP contribution in [0.5, 0.6) is 11.5 Å². The lowest BCUT2D eigenvalue weighted by atomic mass is 10.1. The van der Waals surface area contributed by atoms with E-state index in [4.69, 9.17) is 26.5 Å². The van der Waals surface area contributed by atoms with Gasteiger partial charge in [0.2, 0.25) is 5.17 Å². The number of amides is 1. The molecule has 2 heterocycles.